The highest BCUT2D eigenvalue weighted by Crippen LogP contribution is 2.53. The van der Waals surface area contributed by atoms with E-state index in [1.54, 1.807) is 0 Å². The van der Waals surface area contributed by atoms with Crippen LogP contribution in [0, 0.1) is 5.92 Å². The Bertz CT molecular complexity index is 561. The van der Waals surface area contributed by atoms with Gasteiger partial charge in [0.15, 0.2) is 0 Å². The van der Waals surface area contributed by atoms with Gasteiger partial charge in [-0.25, -0.2) is 4.98 Å². The summed E-state index contributed by atoms with van der Waals surface area (Å²) in [6.45, 7) is 6.44. The lowest BCUT2D eigenvalue weighted by atomic mass is 10.0. The Morgan fingerprint density at radius 1 is 1.29 bits per heavy atom. The minimum absolute atomic E-state index is 0.377. The number of aryl methyl sites for hydroxylation is 1. The second-order valence-electron chi connectivity index (χ2n) is 5.93. The second-order valence-corrected chi connectivity index (χ2v) is 5.93. The molecule has 3 nitrogen and oxygen atoms in total. The molecule has 1 fully saturated rings. The van der Waals surface area contributed by atoms with Crippen molar-refractivity contribution < 1.29 is 0 Å². The lowest BCUT2D eigenvalue weighted by molar-refractivity contribution is 0.440. The molecule has 0 radical (unpaired) electrons. The van der Waals surface area contributed by atoms with Crippen molar-refractivity contribution in [2.75, 3.05) is 6.54 Å². The van der Waals surface area contributed by atoms with Gasteiger partial charge in [-0.1, -0.05) is 44.2 Å². The smallest absolute Gasteiger partial charge is 0.126 e. The van der Waals surface area contributed by atoms with Crippen LogP contribution >= 0.6 is 0 Å². The molecule has 1 aromatic heterocycles. The van der Waals surface area contributed by atoms with E-state index in [4.69, 9.17) is 0 Å². The maximum Gasteiger partial charge on any atom is 0.126 e. The summed E-state index contributed by atoms with van der Waals surface area (Å²) in [6, 6.07) is 11.3. The summed E-state index contributed by atoms with van der Waals surface area (Å²) in [4.78, 5) is 4.64. The zero-order valence-electron chi connectivity index (χ0n) is 13.0. The zero-order valence-corrected chi connectivity index (χ0v) is 13.0. The Morgan fingerprint density at radius 2 is 2.10 bits per heavy atom. The molecular formula is C18H25N3. The summed E-state index contributed by atoms with van der Waals surface area (Å²) < 4.78 is 2.31. The van der Waals surface area contributed by atoms with Gasteiger partial charge in [0.2, 0.25) is 0 Å². The van der Waals surface area contributed by atoms with Crippen molar-refractivity contribution in [2.45, 2.75) is 45.2 Å². The van der Waals surface area contributed by atoms with Crippen molar-refractivity contribution in [3.05, 3.63) is 54.1 Å². The summed E-state index contributed by atoms with van der Waals surface area (Å²) in [5.41, 5.74) is 1.47. The highest BCUT2D eigenvalue weighted by atomic mass is 15.1. The number of nitrogens with one attached hydrogen (secondary N) is 1. The van der Waals surface area contributed by atoms with Gasteiger partial charge in [0.25, 0.3) is 0 Å². The average molecular weight is 283 g/mol. The molecule has 3 atom stereocenters. The van der Waals surface area contributed by atoms with Crippen LogP contribution in [0.5, 0.6) is 0 Å². The van der Waals surface area contributed by atoms with Crippen LogP contribution < -0.4 is 5.32 Å². The molecule has 1 aliphatic rings. The van der Waals surface area contributed by atoms with Crippen molar-refractivity contribution in [1.29, 1.82) is 0 Å². The topological polar surface area (TPSA) is 29.9 Å². The van der Waals surface area contributed by atoms with E-state index in [-0.39, 0.29) is 0 Å². The quantitative estimate of drug-likeness (QED) is 0.838. The highest BCUT2D eigenvalue weighted by Gasteiger charge is 2.45. The first-order valence-electron chi connectivity index (χ1n) is 8.14. The minimum Gasteiger partial charge on any atom is -0.334 e. The Morgan fingerprint density at radius 3 is 2.81 bits per heavy atom. The number of aromatic nitrogens is 2. The van der Waals surface area contributed by atoms with E-state index in [1.165, 1.54) is 17.8 Å². The van der Waals surface area contributed by atoms with Crippen molar-refractivity contribution in [3.63, 3.8) is 0 Å². The first-order valence-corrected chi connectivity index (χ1v) is 8.14. The standard InChI is InChI=1S/C18H25N3/c1-3-11-21-12-10-20-18(21)17(19-4-2)16-13-15(16)14-8-6-5-7-9-14/h5-10,12,15-17,19H,3-4,11,13H2,1-2H3. The van der Waals surface area contributed by atoms with Crippen LogP contribution in [0.25, 0.3) is 0 Å². The van der Waals surface area contributed by atoms with Crippen LogP contribution in [-0.2, 0) is 6.54 Å². The summed E-state index contributed by atoms with van der Waals surface area (Å²) in [6.07, 6.45) is 6.47. The van der Waals surface area contributed by atoms with Gasteiger partial charge < -0.3 is 9.88 Å². The molecule has 0 amide bonds. The normalized spacial score (nSPS) is 22.2. The fourth-order valence-corrected chi connectivity index (χ4v) is 3.35. The average Bonchev–Trinajstić information content (AvgIpc) is 3.18. The van der Waals surface area contributed by atoms with Gasteiger partial charge in [-0.2, -0.15) is 0 Å². The molecule has 0 spiro atoms. The van der Waals surface area contributed by atoms with E-state index in [9.17, 15) is 0 Å². The van der Waals surface area contributed by atoms with Gasteiger partial charge in [-0.05, 0) is 36.8 Å². The number of hydrogen-bond donors (Lipinski definition) is 1. The summed E-state index contributed by atoms with van der Waals surface area (Å²) in [5, 5.41) is 3.66. The monoisotopic (exact) mass is 283 g/mol. The molecule has 1 aromatic carbocycles. The third-order valence-electron chi connectivity index (χ3n) is 4.41. The molecule has 21 heavy (non-hydrogen) atoms. The van der Waals surface area contributed by atoms with Crippen molar-refractivity contribution in [1.82, 2.24) is 14.9 Å². The van der Waals surface area contributed by atoms with Gasteiger partial charge >= 0.3 is 0 Å². The first kappa shape index (κ1) is 14.3. The van der Waals surface area contributed by atoms with Gasteiger partial charge in [0.1, 0.15) is 5.82 Å². The summed E-state index contributed by atoms with van der Waals surface area (Å²) >= 11 is 0. The lowest BCUT2D eigenvalue weighted by Gasteiger charge is -2.19. The highest BCUT2D eigenvalue weighted by molar-refractivity contribution is 5.27. The largest absolute Gasteiger partial charge is 0.334 e. The maximum absolute atomic E-state index is 4.64. The molecule has 0 aliphatic heterocycles. The molecule has 112 valence electrons. The number of rotatable bonds is 7. The first-order chi connectivity index (χ1) is 10.3. The second kappa shape index (κ2) is 6.44. The molecule has 0 bridgehead atoms. The summed E-state index contributed by atoms with van der Waals surface area (Å²) in [5.74, 6) is 2.56. The minimum atomic E-state index is 0.377. The van der Waals surface area contributed by atoms with Gasteiger partial charge in [0, 0.05) is 18.9 Å². The molecule has 3 rings (SSSR count). The molecular weight excluding hydrogens is 258 g/mol. The van der Waals surface area contributed by atoms with Crippen molar-refractivity contribution >= 4 is 0 Å². The van der Waals surface area contributed by atoms with Crippen LogP contribution in [0.2, 0.25) is 0 Å². The van der Waals surface area contributed by atoms with E-state index in [0.717, 1.165) is 19.5 Å². The molecule has 1 saturated carbocycles. The molecule has 3 unspecified atom stereocenters. The Labute approximate surface area is 127 Å². The third kappa shape index (κ3) is 3.03. The van der Waals surface area contributed by atoms with Gasteiger partial charge in [-0.3, -0.25) is 0 Å². The van der Waals surface area contributed by atoms with E-state index >= 15 is 0 Å². The predicted octanol–water partition coefficient (Wildman–Crippen LogP) is 3.75. The number of nitrogens with zero attached hydrogens (tertiary/aromatic N) is 2. The molecule has 2 aromatic rings. The van der Waals surface area contributed by atoms with Crippen LogP contribution in [-0.4, -0.2) is 16.1 Å². The van der Waals surface area contributed by atoms with Crippen molar-refractivity contribution in [3.8, 4) is 0 Å². The third-order valence-corrected chi connectivity index (χ3v) is 4.41. The van der Waals surface area contributed by atoms with Crippen LogP contribution in [0.15, 0.2) is 42.7 Å². The molecule has 3 heteroatoms. The molecule has 1 aliphatic carbocycles. The van der Waals surface area contributed by atoms with Crippen molar-refractivity contribution in [2.24, 2.45) is 5.92 Å². The van der Waals surface area contributed by atoms with Gasteiger partial charge in [0.05, 0.1) is 6.04 Å². The van der Waals surface area contributed by atoms with E-state index in [2.05, 4.69) is 65.2 Å². The molecule has 1 heterocycles. The zero-order chi connectivity index (χ0) is 14.7. The van der Waals surface area contributed by atoms with E-state index in [1.807, 2.05) is 6.20 Å². The summed E-state index contributed by atoms with van der Waals surface area (Å²) in [7, 11) is 0. The number of hydrogen-bond acceptors (Lipinski definition) is 2. The van der Waals surface area contributed by atoms with Crippen LogP contribution in [0.3, 0.4) is 0 Å². The SMILES string of the molecule is CCCn1ccnc1C(NCC)C1CC1c1ccccc1. The van der Waals surface area contributed by atoms with E-state index in [0.29, 0.717) is 17.9 Å². The number of imidazole rings is 1. The molecule has 0 saturated heterocycles. The Hall–Kier alpha value is -1.61. The lowest BCUT2D eigenvalue weighted by Crippen LogP contribution is -2.26. The Kier molecular flexibility index (Phi) is 4.39. The van der Waals surface area contributed by atoms with E-state index < -0.39 is 0 Å². The predicted molar refractivity (Wildman–Crippen MR) is 86.2 cm³/mol. The Balaban J connectivity index is 1.78. The van der Waals surface area contributed by atoms with Gasteiger partial charge in [-0.15, -0.1) is 0 Å². The number of benzene rings is 1. The maximum atomic E-state index is 4.64. The fourth-order valence-electron chi connectivity index (χ4n) is 3.35. The van der Waals surface area contributed by atoms with Crippen LogP contribution in [0.1, 0.15) is 50.0 Å². The van der Waals surface area contributed by atoms with Crippen LogP contribution in [0.4, 0.5) is 0 Å². The fraction of sp³-hybridized carbons (Fsp3) is 0.500. The molecule has 1 N–H and O–H groups in total.